The Morgan fingerprint density at radius 3 is 2.69 bits per heavy atom. The second-order valence-corrected chi connectivity index (χ2v) is 7.28. The molecule has 1 aliphatic heterocycles. The predicted octanol–water partition coefficient (Wildman–Crippen LogP) is 0.583. The van der Waals surface area contributed by atoms with Gasteiger partial charge >= 0.3 is 11.7 Å². The molecule has 0 radical (unpaired) electrons. The molecular formula is C19H33N7O3. The number of hydrogen-bond donors (Lipinski definition) is 3. The third-order valence-electron chi connectivity index (χ3n) is 5.03. The summed E-state index contributed by atoms with van der Waals surface area (Å²) < 4.78 is 12.5. The molecule has 1 aliphatic rings. The van der Waals surface area contributed by atoms with Crippen LogP contribution in [0.1, 0.15) is 32.6 Å². The normalized spacial score (nSPS) is 15.2. The van der Waals surface area contributed by atoms with Crippen LogP contribution in [0.3, 0.4) is 0 Å². The predicted molar refractivity (Wildman–Crippen MR) is 112 cm³/mol. The number of nitrogens with two attached hydrogens (primary N) is 1. The Morgan fingerprint density at radius 1 is 1.17 bits per heavy atom. The van der Waals surface area contributed by atoms with Gasteiger partial charge in [0.25, 0.3) is 0 Å². The highest BCUT2D eigenvalue weighted by molar-refractivity contribution is 5.81. The van der Waals surface area contributed by atoms with Gasteiger partial charge in [0.05, 0.1) is 19.8 Å². The van der Waals surface area contributed by atoms with Crippen molar-refractivity contribution in [2.75, 3.05) is 58.3 Å². The molecule has 0 bridgehead atoms. The fraction of sp³-hybridized carbons (Fsp3) is 0.737. The number of nitrogen functional groups attached to an aromatic ring is 1. The van der Waals surface area contributed by atoms with Crippen molar-refractivity contribution in [1.29, 1.82) is 0 Å². The molecule has 0 unspecified atom stereocenters. The van der Waals surface area contributed by atoms with E-state index in [2.05, 4.69) is 32.1 Å². The molecule has 0 aromatic carbocycles. The quantitative estimate of drug-likeness (QED) is 0.437. The van der Waals surface area contributed by atoms with E-state index >= 15 is 0 Å². The molecule has 162 valence electrons. The third-order valence-corrected chi connectivity index (χ3v) is 5.03. The van der Waals surface area contributed by atoms with Gasteiger partial charge in [-0.15, -0.1) is 0 Å². The van der Waals surface area contributed by atoms with Crippen molar-refractivity contribution in [3.05, 3.63) is 10.5 Å². The van der Waals surface area contributed by atoms with Crippen LogP contribution in [0.25, 0.3) is 11.2 Å². The van der Waals surface area contributed by atoms with E-state index in [1.807, 2.05) is 0 Å². The van der Waals surface area contributed by atoms with Crippen LogP contribution in [0, 0.1) is 0 Å². The molecule has 3 heterocycles. The average molecular weight is 408 g/mol. The Hall–Kier alpha value is -2.17. The SMILES string of the molecule is CCCCOc1nc(N)c2[nH]c(=O)n(CCCNCCCN3CCOCC3)c2n1. The number of aryl methyl sites for hydroxylation is 1. The lowest BCUT2D eigenvalue weighted by Crippen LogP contribution is -2.37. The van der Waals surface area contributed by atoms with Crippen LogP contribution >= 0.6 is 0 Å². The summed E-state index contributed by atoms with van der Waals surface area (Å²) in [6.45, 7) is 9.80. The number of imidazole rings is 1. The summed E-state index contributed by atoms with van der Waals surface area (Å²) in [5, 5.41) is 3.45. The topological polar surface area (TPSA) is 123 Å². The first-order valence-corrected chi connectivity index (χ1v) is 10.6. The van der Waals surface area contributed by atoms with Crippen molar-refractivity contribution in [3.63, 3.8) is 0 Å². The van der Waals surface area contributed by atoms with Crippen LogP contribution < -0.4 is 21.5 Å². The standard InChI is InChI=1S/C19H33N7O3/c1-2-3-12-29-18-23-16(20)15-17(24-18)26(19(27)22-15)9-5-7-21-6-4-8-25-10-13-28-14-11-25/h21H,2-14H2,1H3,(H,22,27)(H2,20,23,24). The molecular weight excluding hydrogens is 374 g/mol. The second kappa shape index (κ2) is 11.1. The molecule has 2 aromatic heterocycles. The summed E-state index contributed by atoms with van der Waals surface area (Å²) in [5.41, 5.74) is 6.72. The number of H-pyrrole nitrogens is 1. The van der Waals surface area contributed by atoms with Gasteiger partial charge in [-0.3, -0.25) is 9.47 Å². The second-order valence-electron chi connectivity index (χ2n) is 7.28. The summed E-state index contributed by atoms with van der Waals surface area (Å²) in [7, 11) is 0. The summed E-state index contributed by atoms with van der Waals surface area (Å²) in [6.07, 6.45) is 3.86. The molecule has 0 saturated carbocycles. The molecule has 0 amide bonds. The van der Waals surface area contributed by atoms with Crippen molar-refractivity contribution in [2.24, 2.45) is 0 Å². The number of nitrogens with one attached hydrogen (secondary N) is 2. The minimum atomic E-state index is -0.223. The van der Waals surface area contributed by atoms with E-state index in [0.29, 0.717) is 24.3 Å². The molecule has 0 atom stereocenters. The number of aromatic nitrogens is 4. The number of unbranched alkanes of at least 4 members (excludes halogenated alkanes) is 1. The van der Waals surface area contributed by atoms with E-state index in [1.165, 1.54) is 0 Å². The highest BCUT2D eigenvalue weighted by Gasteiger charge is 2.14. The fourth-order valence-corrected chi connectivity index (χ4v) is 3.35. The maximum atomic E-state index is 12.3. The summed E-state index contributed by atoms with van der Waals surface area (Å²) in [4.78, 5) is 26.0. The van der Waals surface area contributed by atoms with Crippen molar-refractivity contribution in [2.45, 2.75) is 39.2 Å². The number of nitrogens with zero attached hydrogens (tertiary/aromatic N) is 4. The molecule has 0 spiro atoms. The van der Waals surface area contributed by atoms with Gasteiger partial charge in [-0.1, -0.05) is 13.3 Å². The van der Waals surface area contributed by atoms with E-state index in [4.69, 9.17) is 15.2 Å². The van der Waals surface area contributed by atoms with E-state index < -0.39 is 0 Å². The van der Waals surface area contributed by atoms with Crippen molar-refractivity contribution < 1.29 is 9.47 Å². The van der Waals surface area contributed by atoms with Gasteiger partial charge in [0.1, 0.15) is 5.52 Å². The first kappa shape index (κ1) is 21.5. The van der Waals surface area contributed by atoms with Crippen LogP contribution in [0.2, 0.25) is 0 Å². The summed E-state index contributed by atoms with van der Waals surface area (Å²) in [5.74, 6) is 0.235. The van der Waals surface area contributed by atoms with Crippen LogP contribution in [0.15, 0.2) is 4.79 Å². The first-order valence-electron chi connectivity index (χ1n) is 10.6. The smallest absolute Gasteiger partial charge is 0.327 e. The highest BCUT2D eigenvalue weighted by Crippen LogP contribution is 2.17. The molecule has 1 fully saturated rings. The third kappa shape index (κ3) is 6.15. The molecule has 10 heteroatoms. The van der Waals surface area contributed by atoms with Crippen molar-refractivity contribution >= 4 is 17.0 Å². The lowest BCUT2D eigenvalue weighted by Gasteiger charge is -2.26. The Kier molecular flexibility index (Phi) is 8.26. The molecule has 4 N–H and O–H groups in total. The van der Waals surface area contributed by atoms with E-state index in [0.717, 1.165) is 71.6 Å². The Bertz CT molecular complexity index is 814. The molecule has 3 rings (SSSR count). The van der Waals surface area contributed by atoms with E-state index in [1.54, 1.807) is 4.57 Å². The van der Waals surface area contributed by atoms with Crippen LogP contribution in [0.4, 0.5) is 5.82 Å². The van der Waals surface area contributed by atoms with Crippen LogP contribution in [-0.2, 0) is 11.3 Å². The van der Waals surface area contributed by atoms with Gasteiger partial charge < -0.3 is 25.5 Å². The number of ether oxygens (including phenoxy) is 2. The lowest BCUT2D eigenvalue weighted by atomic mass is 10.3. The van der Waals surface area contributed by atoms with Gasteiger partial charge in [0, 0.05) is 19.6 Å². The van der Waals surface area contributed by atoms with Crippen LogP contribution in [-0.4, -0.2) is 77.0 Å². The van der Waals surface area contributed by atoms with Gasteiger partial charge in [-0.05, 0) is 38.9 Å². The van der Waals surface area contributed by atoms with E-state index in [9.17, 15) is 4.79 Å². The molecule has 0 aliphatic carbocycles. The number of hydrogen-bond acceptors (Lipinski definition) is 8. The van der Waals surface area contributed by atoms with Crippen LogP contribution in [0.5, 0.6) is 6.01 Å². The Morgan fingerprint density at radius 2 is 1.93 bits per heavy atom. The maximum absolute atomic E-state index is 12.3. The zero-order chi connectivity index (χ0) is 20.5. The lowest BCUT2D eigenvalue weighted by molar-refractivity contribution is 0.0374. The maximum Gasteiger partial charge on any atom is 0.327 e. The number of morpholine rings is 1. The summed E-state index contributed by atoms with van der Waals surface area (Å²) >= 11 is 0. The van der Waals surface area contributed by atoms with Gasteiger partial charge in [-0.2, -0.15) is 9.97 Å². The monoisotopic (exact) mass is 407 g/mol. The first-order chi connectivity index (χ1) is 14.2. The van der Waals surface area contributed by atoms with Gasteiger partial charge in [0.2, 0.25) is 0 Å². The van der Waals surface area contributed by atoms with Gasteiger partial charge in [0.15, 0.2) is 11.5 Å². The minimum Gasteiger partial charge on any atom is -0.463 e. The Labute approximate surface area is 170 Å². The zero-order valence-corrected chi connectivity index (χ0v) is 17.3. The fourth-order valence-electron chi connectivity index (χ4n) is 3.35. The number of rotatable bonds is 12. The Balaban J connectivity index is 1.46. The minimum absolute atomic E-state index is 0.220. The van der Waals surface area contributed by atoms with Crippen molar-refractivity contribution in [3.8, 4) is 6.01 Å². The number of anilines is 1. The van der Waals surface area contributed by atoms with Crippen molar-refractivity contribution in [1.82, 2.24) is 29.7 Å². The zero-order valence-electron chi connectivity index (χ0n) is 17.3. The average Bonchev–Trinajstić information content (AvgIpc) is 3.04. The van der Waals surface area contributed by atoms with E-state index in [-0.39, 0.29) is 17.5 Å². The highest BCUT2D eigenvalue weighted by atomic mass is 16.5. The summed E-state index contributed by atoms with van der Waals surface area (Å²) in [6, 6.07) is 0.220. The number of aromatic amines is 1. The largest absolute Gasteiger partial charge is 0.463 e. The molecule has 29 heavy (non-hydrogen) atoms. The van der Waals surface area contributed by atoms with Gasteiger partial charge in [-0.25, -0.2) is 4.79 Å². The molecule has 1 saturated heterocycles. The molecule has 10 nitrogen and oxygen atoms in total. The molecule has 2 aromatic rings. The number of fused-ring (bicyclic) bond motifs is 1.